The topological polar surface area (TPSA) is 105 Å². The zero-order valence-electron chi connectivity index (χ0n) is 13.7. The number of urea groups is 1. The molecule has 0 bridgehead atoms. The maximum atomic E-state index is 12.5. The summed E-state index contributed by atoms with van der Waals surface area (Å²) >= 11 is 0. The van der Waals surface area contributed by atoms with E-state index in [4.69, 9.17) is 5.73 Å². The maximum absolute atomic E-state index is 12.5. The lowest BCUT2D eigenvalue weighted by molar-refractivity contribution is -0.131. The van der Waals surface area contributed by atoms with Crippen molar-refractivity contribution in [2.45, 2.75) is 62.9 Å². The van der Waals surface area contributed by atoms with Crippen molar-refractivity contribution in [3.63, 3.8) is 0 Å². The number of hydrogen-bond donors (Lipinski definition) is 3. The first-order chi connectivity index (χ1) is 10.9. The van der Waals surface area contributed by atoms with Gasteiger partial charge in [-0.25, -0.2) is 4.79 Å². The average molecular weight is 322 g/mol. The lowest BCUT2D eigenvalue weighted by atomic mass is 9.95. The highest BCUT2D eigenvalue weighted by atomic mass is 16.2. The first kappa shape index (κ1) is 16.2. The molecule has 1 unspecified atom stereocenters. The Hall–Kier alpha value is -1.63. The molecular formula is C16H26N4O3. The summed E-state index contributed by atoms with van der Waals surface area (Å²) in [7, 11) is 0. The minimum atomic E-state index is -0.701. The maximum Gasteiger partial charge on any atom is 0.325 e. The van der Waals surface area contributed by atoms with Crippen molar-refractivity contribution >= 4 is 17.8 Å². The van der Waals surface area contributed by atoms with E-state index in [0.717, 1.165) is 25.7 Å². The van der Waals surface area contributed by atoms with E-state index in [1.807, 2.05) is 6.92 Å². The van der Waals surface area contributed by atoms with Crippen LogP contribution in [0, 0.1) is 5.92 Å². The smallest absolute Gasteiger partial charge is 0.325 e. The molecule has 7 heteroatoms. The zero-order chi connectivity index (χ0) is 16.7. The molecule has 0 aromatic carbocycles. The van der Waals surface area contributed by atoms with E-state index in [1.165, 1.54) is 4.90 Å². The summed E-state index contributed by atoms with van der Waals surface area (Å²) in [6.07, 6.45) is 5.61. The molecule has 4 N–H and O–H groups in total. The van der Waals surface area contributed by atoms with Gasteiger partial charge in [0.25, 0.3) is 5.91 Å². The van der Waals surface area contributed by atoms with Gasteiger partial charge >= 0.3 is 6.03 Å². The van der Waals surface area contributed by atoms with E-state index in [1.54, 1.807) is 0 Å². The van der Waals surface area contributed by atoms with Gasteiger partial charge in [0, 0.05) is 19.5 Å². The molecule has 1 aliphatic heterocycles. The molecule has 23 heavy (non-hydrogen) atoms. The van der Waals surface area contributed by atoms with Gasteiger partial charge < -0.3 is 16.4 Å². The van der Waals surface area contributed by atoms with Crippen molar-refractivity contribution in [2.24, 2.45) is 11.7 Å². The Balaban J connectivity index is 1.54. The number of amides is 4. The van der Waals surface area contributed by atoms with Crippen LogP contribution in [0.3, 0.4) is 0 Å². The average Bonchev–Trinajstić information content (AvgIpc) is 3.23. The Bertz CT molecular complexity index is 525. The highest BCUT2D eigenvalue weighted by Crippen LogP contribution is 2.39. The Morgan fingerprint density at radius 2 is 2.04 bits per heavy atom. The number of hydrogen-bond acceptors (Lipinski definition) is 4. The number of rotatable bonds is 6. The van der Waals surface area contributed by atoms with Crippen LogP contribution in [0.25, 0.3) is 0 Å². The number of nitrogens with zero attached hydrogens (tertiary/aromatic N) is 1. The lowest BCUT2D eigenvalue weighted by Crippen LogP contribution is -2.53. The highest BCUT2D eigenvalue weighted by molar-refractivity contribution is 6.07. The van der Waals surface area contributed by atoms with Gasteiger partial charge in [-0.3, -0.25) is 14.5 Å². The van der Waals surface area contributed by atoms with Crippen molar-refractivity contribution in [3.05, 3.63) is 0 Å². The molecule has 1 saturated heterocycles. The van der Waals surface area contributed by atoms with Gasteiger partial charge in [0.15, 0.2) is 0 Å². The molecule has 7 nitrogen and oxygen atoms in total. The summed E-state index contributed by atoms with van der Waals surface area (Å²) < 4.78 is 0. The van der Waals surface area contributed by atoms with Gasteiger partial charge in [-0.1, -0.05) is 12.8 Å². The van der Waals surface area contributed by atoms with Gasteiger partial charge in [0.1, 0.15) is 5.54 Å². The van der Waals surface area contributed by atoms with Crippen molar-refractivity contribution < 1.29 is 14.4 Å². The fourth-order valence-corrected chi connectivity index (χ4v) is 3.83. The zero-order valence-corrected chi connectivity index (χ0v) is 13.7. The molecule has 0 radical (unpaired) electrons. The molecule has 128 valence electrons. The Morgan fingerprint density at radius 1 is 1.39 bits per heavy atom. The van der Waals surface area contributed by atoms with Crippen LogP contribution in [0.5, 0.6) is 0 Å². The fraction of sp³-hybridized carbons (Fsp3) is 0.812. The highest BCUT2D eigenvalue weighted by Gasteiger charge is 2.52. The fourth-order valence-electron chi connectivity index (χ4n) is 3.83. The first-order valence-corrected chi connectivity index (χ1v) is 8.55. The number of carbonyl (C=O) groups is 3. The second kappa shape index (κ2) is 5.78. The molecule has 4 amide bonds. The van der Waals surface area contributed by atoms with Crippen LogP contribution in [0.4, 0.5) is 4.79 Å². The van der Waals surface area contributed by atoms with Gasteiger partial charge in [-0.2, -0.15) is 0 Å². The van der Waals surface area contributed by atoms with E-state index in [0.29, 0.717) is 25.3 Å². The number of carbonyl (C=O) groups excluding carboxylic acids is 3. The van der Waals surface area contributed by atoms with E-state index in [9.17, 15) is 14.4 Å². The first-order valence-electron chi connectivity index (χ1n) is 8.55. The lowest BCUT2D eigenvalue weighted by Gasteiger charge is -2.29. The van der Waals surface area contributed by atoms with Gasteiger partial charge in [0.05, 0.1) is 5.54 Å². The molecular weight excluding hydrogens is 296 g/mol. The van der Waals surface area contributed by atoms with Crippen LogP contribution in [0.2, 0.25) is 0 Å². The van der Waals surface area contributed by atoms with Crippen molar-refractivity contribution in [3.8, 4) is 0 Å². The molecule has 1 atom stereocenters. The molecule has 3 aliphatic rings. The second-order valence-electron chi connectivity index (χ2n) is 7.37. The molecule has 0 aromatic rings. The number of imide groups is 1. The molecule has 0 aromatic heterocycles. The van der Waals surface area contributed by atoms with Gasteiger partial charge in [-0.15, -0.1) is 0 Å². The molecule has 3 fully saturated rings. The molecule has 3 rings (SSSR count). The van der Waals surface area contributed by atoms with Crippen LogP contribution < -0.4 is 16.4 Å². The SMILES string of the molecule is CC(CN)(NC(=O)CCN1C(=O)NC2(CCCC2)C1=O)C1CC1. The predicted octanol–water partition coefficient (Wildman–Crippen LogP) is 0.485. The third kappa shape index (κ3) is 2.94. The van der Waals surface area contributed by atoms with Gasteiger partial charge in [-0.05, 0) is 38.5 Å². The van der Waals surface area contributed by atoms with Crippen LogP contribution in [-0.2, 0) is 9.59 Å². The van der Waals surface area contributed by atoms with Gasteiger partial charge in [0.2, 0.25) is 5.91 Å². The van der Waals surface area contributed by atoms with Crippen LogP contribution in [0.15, 0.2) is 0 Å². The third-order valence-electron chi connectivity index (χ3n) is 5.59. The summed E-state index contributed by atoms with van der Waals surface area (Å²) in [5, 5.41) is 5.81. The monoisotopic (exact) mass is 322 g/mol. The minimum Gasteiger partial charge on any atom is -0.349 e. The number of nitrogens with one attached hydrogen (secondary N) is 2. The van der Waals surface area contributed by atoms with E-state index in [-0.39, 0.29) is 36.3 Å². The van der Waals surface area contributed by atoms with Crippen molar-refractivity contribution in [2.75, 3.05) is 13.1 Å². The van der Waals surface area contributed by atoms with E-state index >= 15 is 0 Å². The normalized spacial score (nSPS) is 25.6. The Morgan fingerprint density at radius 3 is 2.61 bits per heavy atom. The predicted molar refractivity (Wildman–Crippen MR) is 84.4 cm³/mol. The third-order valence-corrected chi connectivity index (χ3v) is 5.59. The van der Waals surface area contributed by atoms with Crippen LogP contribution in [-0.4, -0.2) is 46.9 Å². The Kier molecular flexibility index (Phi) is 4.08. The minimum absolute atomic E-state index is 0.123. The summed E-state index contributed by atoms with van der Waals surface area (Å²) in [6, 6.07) is -0.367. The quantitative estimate of drug-likeness (QED) is 0.619. The summed E-state index contributed by atoms with van der Waals surface area (Å²) in [5.74, 6) is 0.115. The summed E-state index contributed by atoms with van der Waals surface area (Å²) in [6.45, 7) is 2.49. The molecule has 1 heterocycles. The van der Waals surface area contributed by atoms with Crippen LogP contribution in [0.1, 0.15) is 51.9 Å². The summed E-state index contributed by atoms with van der Waals surface area (Å²) in [4.78, 5) is 38.0. The molecule has 2 aliphatic carbocycles. The molecule has 1 spiro atoms. The largest absolute Gasteiger partial charge is 0.349 e. The molecule has 2 saturated carbocycles. The van der Waals surface area contributed by atoms with Crippen molar-refractivity contribution in [1.29, 1.82) is 0 Å². The number of nitrogens with two attached hydrogens (primary N) is 1. The van der Waals surface area contributed by atoms with E-state index in [2.05, 4.69) is 10.6 Å². The van der Waals surface area contributed by atoms with Crippen molar-refractivity contribution in [1.82, 2.24) is 15.5 Å². The summed E-state index contributed by atoms with van der Waals surface area (Å²) in [5.41, 5.74) is 4.72. The second-order valence-corrected chi connectivity index (χ2v) is 7.37. The van der Waals surface area contributed by atoms with Crippen LogP contribution >= 0.6 is 0 Å². The Labute approximate surface area is 136 Å². The van der Waals surface area contributed by atoms with E-state index < -0.39 is 5.54 Å². The standard InChI is InChI=1S/C16H26N4O3/c1-15(10-17,11-4-5-11)18-12(21)6-9-20-13(22)16(19-14(20)23)7-2-3-8-16/h11H,2-10,17H2,1H3,(H,18,21)(H,19,23).